The van der Waals surface area contributed by atoms with Crippen LogP contribution < -0.4 is 10.2 Å². The number of anilines is 3. The number of nitrogens with zero attached hydrogens (tertiary/aromatic N) is 2. The molecule has 3 heterocycles. The Morgan fingerprint density at radius 1 is 0.472 bits per heavy atom. The number of aromatic nitrogens is 1. The van der Waals surface area contributed by atoms with Crippen LogP contribution in [0.1, 0.15) is 11.7 Å². The molecule has 1 unspecified atom stereocenters. The Hall–Kier alpha value is -7.04. The van der Waals surface area contributed by atoms with E-state index in [0.29, 0.717) is 0 Å². The molecule has 53 heavy (non-hydrogen) atoms. The molecule has 250 valence electrons. The standard InChI is InChI=1S/C49H33N3O/c1-3-13-32(14-4-1)35-27-30-39-38-17-7-9-21-42(38)52(45(39)31-35)44-23-11-19-40-47-37(18-12-24-46(47)53-48(40)44)33-25-28-36(29-26-33)51-43-22-10-8-20-41(43)50-49(51)34-15-5-2-6-16-34/h1-31,49-50H. The maximum absolute atomic E-state index is 6.85. The summed E-state index contributed by atoms with van der Waals surface area (Å²) in [4.78, 5) is 2.39. The lowest BCUT2D eigenvalue weighted by Gasteiger charge is -2.27. The molecule has 0 saturated carbocycles. The second-order valence-corrected chi connectivity index (χ2v) is 13.8. The molecule has 11 rings (SSSR count). The Morgan fingerprint density at radius 2 is 1.15 bits per heavy atom. The first-order valence-corrected chi connectivity index (χ1v) is 18.1. The quantitative estimate of drug-likeness (QED) is 0.197. The van der Waals surface area contributed by atoms with E-state index < -0.39 is 0 Å². The van der Waals surface area contributed by atoms with Crippen molar-refractivity contribution < 1.29 is 4.42 Å². The fraction of sp³-hybridized carbons (Fsp3) is 0.0204. The van der Waals surface area contributed by atoms with Crippen LogP contribution in [0.4, 0.5) is 17.1 Å². The number of furan rings is 1. The van der Waals surface area contributed by atoms with Gasteiger partial charge in [-0.05, 0) is 76.3 Å². The van der Waals surface area contributed by atoms with Gasteiger partial charge in [0, 0.05) is 27.2 Å². The van der Waals surface area contributed by atoms with E-state index in [2.05, 4.69) is 203 Å². The molecule has 0 amide bonds. The SMILES string of the molecule is c1ccc(-c2ccc3c4ccccc4n(-c4cccc5c4oc4cccc(-c6ccc(N7c8ccccc8NC7c7ccccc7)cc6)c45)c3c2)cc1. The Kier molecular flexibility index (Phi) is 6.58. The lowest BCUT2D eigenvalue weighted by Crippen LogP contribution is -2.23. The largest absolute Gasteiger partial charge is 0.454 e. The van der Waals surface area contributed by atoms with Gasteiger partial charge in [-0.15, -0.1) is 0 Å². The molecular weight excluding hydrogens is 647 g/mol. The van der Waals surface area contributed by atoms with Crippen LogP contribution >= 0.6 is 0 Å². The van der Waals surface area contributed by atoms with Gasteiger partial charge in [0.05, 0.1) is 28.1 Å². The van der Waals surface area contributed by atoms with Gasteiger partial charge in [0.1, 0.15) is 11.7 Å². The van der Waals surface area contributed by atoms with E-state index >= 15 is 0 Å². The summed E-state index contributed by atoms with van der Waals surface area (Å²) in [5.74, 6) is 0. The third kappa shape index (κ3) is 4.62. The van der Waals surface area contributed by atoms with E-state index in [9.17, 15) is 0 Å². The molecule has 4 nitrogen and oxygen atoms in total. The lowest BCUT2D eigenvalue weighted by molar-refractivity contribution is 0.666. The van der Waals surface area contributed by atoms with Gasteiger partial charge in [0.25, 0.3) is 0 Å². The smallest absolute Gasteiger partial charge is 0.159 e. The number of fused-ring (bicyclic) bond motifs is 7. The van der Waals surface area contributed by atoms with Crippen LogP contribution in [0.2, 0.25) is 0 Å². The third-order valence-electron chi connectivity index (χ3n) is 10.8. The van der Waals surface area contributed by atoms with Crippen molar-refractivity contribution in [3.05, 3.63) is 194 Å². The van der Waals surface area contributed by atoms with Crippen molar-refractivity contribution in [2.45, 2.75) is 6.17 Å². The van der Waals surface area contributed by atoms with Gasteiger partial charge >= 0.3 is 0 Å². The van der Waals surface area contributed by atoms with E-state index in [1.165, 1.54) is 33.2 Å². The van der Waals surface area contributed by atoms with Crippen LogP contribution in [0.3, 0.4) is 0 Å². The molecule has 0 radical (unpaired) electrons. The second kappa shape index (κ2) is 11.8. The summed E-state index contributed by atoms with van der Waals surface area (Å²) in [5.41, 5.74) is 14.4. The van der Waals surface area contributed by atoms with Crippen LogP contribution in [0, 0.1) is 0 Å². The molecule has 1 aliphatic rings. The Bertz CT molecular complexity index is 2980. The third-order valence-corrected chi connectivity index (χ3v) is 10.8. The zero-order chi connectivity index (χ0) is 34.9. The highest BCUT2D eigenvalue weighted by molar-refractivity contribution is 6.16. The molecule has 0 saturated heterocycles. The molecule has 4 heteroatoms. The molecule has 8 aromatic carbocycles. The fourth-order valence-electron chi connectivity index (χ4n) is 8.40. The van der Waals surface area contributed by atoms with Gasteiger partial charge in [0.15, 0.2) is 5.58 Å². The zero-order valence-electron chi connectivity index (χ0n) is 28.8. The van der Waals surface area contributed by atoms with E-state index in [4.69, 9.17) is 4.42 Å². The van der Waals surface area contributed by atoms with Crippen LogP contribution in [0.15, 0.2) is 192 Å². The minimum Gasteiger partial charge on any atom is -0.454 e. The first kappa shape index (κ1) is 29.7. The molecule has 1 aliphatic heterocycles. The number of rotatable bonds is 5. The van der Waals surface area contributed by atoms with Crippen LogP contribution in [0.5, 0.6) is 0 Å². The van der Waals surface area contributed by atoms with Crippen molar-refractivity contribution in [1.29, 1.82) is 0 Å². The summed E-state index contributed by atoms with van der Waals surface area (Å²) in [6, 6.07) is 67.2. The van der Waals surface area contributed by atoms with E-state index in [-0.39, 0.29) is 6.17 Å². The highest BCUT2D eigenvalue weighted by Crippen LogP contribution is 2.47. The number of benzene rings is 8. The molecular formula is C49H33N3O. The van der Waals surface area contributed by atoms with Crippen molar-refractivity contribution in [2.24, 2.45) is 0 Å². The molecule has 0 spiro atoms. The summed E-state index contributed by atoms with van der Waals surface area (Å²) in [7, 11) is 0. The van der Waals surface area contributed by atoms with Gasteiger partial charge < -0.3 is 19.2 Å². The topological polar surface area (TPSA) is 33.3 Å². The number of para-hydroxylation sites is 4. The van der Waals surface area contributed by atoms with Crippen LogP contribution in [0.25, 0.3) is 71.7 Å². The normalized spacial score (nSPS) is 14.0. The molecule has 0 bridgehead atoms. The van der Waals surface area contributed by atoms with Gasteiger partial charge in [-0.1, -0.05) is 140 Å². The maximum Gasteiger partial charge on any atom is 0.159 e. The summed E-state index contributed by atoms with van der Waals surface area (Å²) < 4.78 is 9.23. The first-order chi connectivity index (χ1) is 26.3. The lowest BCUT2D eigenvalue weighted by atomic mass is 9.98. The molecule has 0 aliphatic carbocycles. The summed E-state index contributed by atoms with van der Waals surface area (Å²) in [5, 5.41) is 8.42. The van der Waals surface area contributed by atoms with Crippen molar-refractivity contribution in [2.75, 3.05) is 10.2 Å². The average molecular weight is 680 g/mol. The maximum atomic E-state index is 6.85. The molecule has 0 fully saturated rings. The van der Waals surface area contributed by atoms with Crippen molar-refractivity contribution >= 4 is 60.8 Å². The molecule has 10 aromatic rings. The average Bonchev–Trinajstić information content (AvgIpc) is 3.91. The second-order valence-electron chi connectivity index (χ2n) is 13.8. The summed E-state index contributed by atoms with van der Waals surface area (Å²) >= 11 is 0. The van der Waals surface area contributed by atoms with Gasteiger partial charge in [0.2, 0.25) is 0 Å². The molecule has 2 aromatic heterocycles. The number of hydrogen-bond donors (Lipinski definition) is 1. The van der Waals surface area contributed by atoms with Gasteiger partial charge in [-0.25, -0.2) is 0 Å². The predicted octanol–water partition coefficient (Wildman–Crippen LogP) is 13.3. The fourth-order valence-corrected chi connectivity index (χ4v) is 8.40. The Balaban J connectivity index is 1.06. The first-order valence-electron chi connectivity index (χ1n) is 18.1. The Morgan fingerprint density at radius 3 is 2.02 bits per heavy atom. The van der Waals surface area contributed by atoms with Crippen molar-refractivity contribution in [3.63, 3.8) is 0 Å². The zero-order valence-corrected chi connectivity index (χ0v) is 28.8. The van der Waals surface area contributed by atoms with Gasteiger partial charge in [-0.2, -0.15) is 0 Å². The minimum absolute atomic E-state index is 0.00346. The summed E-state index contributed by atoms with van der Waals surface area (Å²) in [6.07, 6.45) is 0.00346. The van der Waals surface area contributed by atoms with E-state index in [0.717, 1.165) is 61.2 Å². The monoisotopic (exact) mass is 679 g/mol. The van der Waals surface area contributed by atoms with E-state index in [1.807, 2.05) is 0 Å². The van der Waals surface area contributed by atoms with Gasteiger partial charge in [-0.3, -0.25) is 0 Å². The summed E-state index contributed by atoms with van der Waals surface area (Å²) in [6.45, 7) is 0. The highest BCUT2D eigenvalue weighted by Gasteiger charge is 2.31. The van der Waals surface area contributed by atoms with Crippen LogP contribution in [-0.4, -0.2) is 4.57 Å². The molecule has 1 atom stereocenters. The van der Waals surface area contributed by atoms with Crippen LogP contribution in [-0.2, 0) is 0 Å². The van der Waals surface area contributed by atoms with E-state index in [1.54, 1.807) is 0 Å². The molecule has 1 N–H and O–H groups in total. The minimum atomic E-state index is 0.00346. The predicted molar refractivity (Wildman–Crippen MR) is 220 cm³/mol. The van der Waals surface area contributed by atoms with Crippen molar-refractivity contribution in [3.8, 4) is 27.9 Å². The Labute approximate surface area is 306 Å². The number of hydrogen-bond acceptors (Lipinski definition) is 3. The number of nitrogens with one attached hydrogen (secondary N) is 1. The highest BCUT2D eigenvalue weighted by atomic mass is 16.3. The van der Waals surface area contributed by atoms with Crippen molar-refractivity contribution in [1.82, 2.24) is 4.57 Å².